The van der Waals surface area contributed by atoms with E-state index < -0.39 is 17.9 Å². The molecule has 1 aromatic carbocycles. The molecule has 0 heterocycles. The molecule has 0 saturated heterocycles. The molecule has 0 fully saturated rings. The lowest BCUT2D eigenvalue weighted by Crippen LogP contribution is -2.40. The number of hydrogen-bond acceptors (Lipinski definition) is 5. The minimum Gasteiger partial charge on any atom is -0.497 e. The molecule has 1 unspecified atom stereocenters. The summed E-state index contributed by atoms with van der Waals surface area (Å²) in [6.45, 7) is -0.286. The number of carbonyl (C=O) groups is 2. The van der Waals surface area contributed by atoms with Crippen molar-refractivity contribution >= 4 is 27.7 Å². The number of methoxy groups -OCH3 is 2. The van der Waals surface area contributed by atoms with Crippen LogP contribution in [0.1, 0.15) is 10.4 Å². The van der Waals surface area contributed by atoms with E-state index in [-0.39, 0.29) is 12.1 Å². The molecule has 4 N–H and O–H groups in total. The Morgan fingerprint density at radius 1 is 1.40 bits per heavy atom. The van der Waals surface area contributed by atoms with Crippen molar-refractivity contribution in [1.29, 1.82) is 0 Å². The van der Waals surface area contributed by atoms with Gasteiger partial charge >= 0.3 is 0 Å². The van der Waals surface area contributed by atoms with Gasteiger partial charge < -0.3 is 25.6 Å². The van der Waals surface area contributed by atoms with E-state index in [4.69, 9.17) is 15.2 Å². The number of ether oxygens (including phenoxy) is 2. The maximum atomic E-state index is 12.0. The zero-order chi connectivity index (χ0) is 15.3. The first-order chi connectivity index (χ1) is 9.40. The Hall–Kier alpha value is -1.80. The number of primary amides is 1. The molecule has 0 radical (unpaired) electrons. The summed E-state index contributed by atoms with van der Waals surface area (Å²) in [4.78, 5) is 22.7. The predicted molar refractivity (Wildman–Crippen MR) is 74.8 cm³/mol. The summed E-state index contributed by atoms with van der Waals surface area (Å²) < 4.78 is 10.7. The minimum absolute atomic E-state index is 0.204. The van der Waals surface area contributed by atoms with Gasteiger partial charge in [0.2, 0.25) is 5.91 Å². The largest absolute Gasteiger partial charge is 0.497 e. The monoisotopic (exact) mass is 346 g/mol. The number of rotatable bonds is 6. The quantitative estimate of drug-likeness (QED) is 0.673. The third-order valence-electron chi connectivity index (χ3n) is 2.49. The Labute approximate surface area is 124 Å². The van der Waals surface area contributed by atoms with Gasteiger partial charge in [-0.05, 0) is 28.1 Å². The third-order valence-corrected chi connectivity index (χ3v) is 3.08. The molecule has 1 rings (SSSR count). The molecule has 0 saturated carbocycles. The maximum Gasteiger partial charge on any atom is 0.255 e. The molecular formula is C12H15BrN2O5. The van der Waals surface area contributed by atoms with E-state index in [0.29, 0.717) is 16.0 Å². The topological polar surface area (TPSA) is 111 Å². The van der Waals surface area contributed by atoms with Crippen LogP contribution in [0.2, 0.25) is 0 Å². The number of nitrogens with two attached hydrogens (primary N) is 1. The molecule has 1 aromatic rings. The van der Waals surface area contributed by atoms with Crippen molar-refractivity contribution in [1.82, 2.24) is 5.32 Å². The first-order valence-corrected chi connectivity index (χ1v) is 6.37. The highest BCUT2D eigenvalue weighted by Crippen LogP contribution is 2.33. The summed E-state index contributed by atoms with van der Waals surface area (Å²) in [7, 11) is 2.88. The highest BCUT2D eigenvalue weighted by Gasteiger charge is 2.19. The van der Waals surface area contributed by atoms with Crippen molar-refractivity contribution in [3.63, 3.8) is 0 Å². The van der Waals surface area contributed by atoms with Gasteiger partial charge in [-0.1, -0.05) is 0 Å². The summed E-state index contributed by atoms with van der Waals surface area (Å²) in [5, 5.41) is 11.6. The first kappa shape index (κ1) is 16.3. The van der Waals surface area contributed by atoms with Crippen LogP contribution in [-0.4, -0.2) is 43.8 Å². The summed E-state index contributed by atoms with van der Waals surface area (Å²) in [5.74, 6) is -0.666. The second-order valence-electron chi connectivity index (χ2n) is 3.82. The van der Waals surface area contributed by atoms with Gasteiger partial charge in [-0.15, -0.1) is 0 Å². The fraction of sp³-hybridized carbons (Fsp3) is 0.333. The number of halogens is 1. The average molecular weight is 347 g/mol. The molecule has 8 heteroatoms. The normalized spacial score (nSPS) is 11.6. The van der Waals surface area contributed by atoms with Gasteiger partial charge in [-0.2, -0.15) is 0 Å². The van der Waals surface area contributed by atoms with Crippen LogP contribution < -0.4 is 20.5 Å². The molecule has 1 atom stereocenters. The molecule has 7 nitrogen and oxygen atoms in total. The van der Waals surface area contributed by atoms with Crippen LogP contribution in [0.15, 0.2) is 16.6 Å². The number of amides is 2. The lowest BCUT2D eigenvalue weighted by atomic mass is 10.1. The van der Waals surface area contributed by atoms with E-state index in [1.54, 1.807) is 6.07 Å². The van der Waals surface area contributed by atoms with Crippen molar-refractivity contribution in [2.45, 2.75) is 6.10 Å². The van der Waals surface area contributed by atoms with Crippen LogP contribution in [0.5, 0.6) is 11.5 Å². The second kappa shape index (κ2) is 7.11. The minimum atomic E-state index is -1.45. The summed E-state index contributed by atoms with van der Waals surface area (Å²) in [5.41, 5.74) is 5.10. The zero-order valence-electron chi connectivity index (χ0n) is 11.0. The number of aliphatic hydroxyl groups excluding tert-OH is 1. The smallest absolute Gasteiger partial charge is 0.255 e. The highest BCUT2D eigenvalue weighted by molar-refractivity contribution is 9.10. The fourth-order valence-electron chi connectivity index (χ4n) is 1.45. The highest BCUT2D eigenvalue weighted by atomic mass is 79.9. The lowest BCUT2D eigenvalue weighted by Gasteiger charge is -2.13. The van der Waals surface area contributed by atoms with E-state index in [1.807, 2.05) is 0 Å². The van der Waals surface area contributed by atoms with E-state index in [9.17, 15) is 14.7 Å². The van der Waals surface area contributed by atoms with Gasteiger partial charge in [-0.3, -0.25) is 9.59 Å². The third kappa shape index (κ3) is 3.84. The van der Waals surface area contributed by atoms with Gasteiger partial charge in [0.15, 0.2) is 0 Å². The van der Waals surface area contributed by atoms with E-state index >= 15 is 0 Å². The average Bonchev–Trinajstić information content (AvgIpc) is 2.42. The molecule has 0 bridgehead atoms. The number of hydrogen-bond donors (Lipinski definition) is 3. The molecule has 0 aliphatic carbocycles. The molecule has 0 aliphatic rings. The summed E-state index contributed by atoms with van der Waals surface area (Å²) in [6.07, 6.45) is -1.45. The van der Waals surface area contributed by atoms with Gasteiger partial charge in [0, 0.05) is 0 Å². The molecule has 2 amide bonds. The molecule has 20 heavy (non-hydrogen) atoms. The molecular weight excluding hydrogens is 332 g/mol. The number of nitrogens with one attached hydrogen (secondary N) is 1. The van der Waals surface area contributed by atoms with Crippen LogP contribution in [0, 0.1) is 0 Å². The van der Waals surface area contributed by atoms with Crippen LogP contribution in [0.4, 0.5) is 0 Å². The Kier molecular flexibility index (Phi) is 5.78. The van der Waals surface area contributed by atoms with E-state index in [1.165, 1.54) is 20.3 Å². The SMILES string of the molecule is COc1cc(Br)c(OC)c(C(=O)NCC(O)C(N)=O)c1. The van der Waals surface area contributed by atoms with Crippen molar-refractivity contribution in [2.75, 3.05) is 20.8 Å². The zero-order valence-corrected chi connectivity index (χ0v) is 12.6. The van der Waals surface area contributed by atoms with E-state index in [2.05, 4.69) is 21.2 Å². The Morgan fingerprint density at radius 3 is 2.55 bits per heavy atom. The predicted octanol–water partition coefficient (Wildman–Crippen LogP) is 0.0423. The van der Waals surface area contributed by atoms with Gasteiger partial charge in [0.05, 0.1) is 30.8 Å². The van der Waals surface area contributed by atoms with Crippen LogP contribution >= 0.6 is 15.9 Å². The van der Waals surface area contributed by atoms with Crippen molar-refractivity contribution in [3.05, 3.63) is 22.2 Å². The standard InChI is InChI=1S/C12H15BrN2O5/c1-19-6-3-7(10(20-2)8(13)4-6)12(18)15-5-9(16)11(14)17/h3-4,9,16H,5H2,1-2H3,(H2,14,17)(H,15,18). The lowest BCUT2D eigenvalue weighted by molar-refractivity contribution is -0.125. The molecule has 0 aliphatic heterocycles. The van der Waals surface area contributed by atoms with Crippen LogP contribution in [-0.2, 0) is 4.79 Å². The Morgan fingerprint density at radius 2 is 2.05 bits per heavy atom. The first-order valence-electron chi connectivity index (χ1n) is 5.57. The van der Waals surface area contributed by atoms with Crippen molar-refractivity contribution in [3.8, 4) is 11.5 Å². The maximum absolute atomic E-state index is 12.0. The van der Waals surface area contributed by atoms with Crippen molar-refractivity contribution < 1.29 is 24.2 Å². The summed E-state index contributed by atoms with van der Waals surface area (Å²) >= 11 is 3.26. The number of benzene rings is 1. The molecule has 110 valence electrons. The summed E-state index contributed by atoms with van der Waals surface area (Å²) in [6, 6.07) is 3.13. The van der Waals surface area contributed by atoms with Crippen LogP contribution in [0.25, 0.3) is 0 Å². The molecule has 0 aromatic heterocycles. The fourth-order valence-corrected chi connectivity index (χ4v) is 2.05. The number of aliphatic hydroxyl groups is 1. The number of carbonyl (C=O) groups excluding carboxylic acids is 2. The molecule has 0 spiro atoms. The van der Waals surface area contributed by atoms with Crippen molar-refractivity contribution in [2.24, 2.45) is 5.73 Å². The van der Waals surface area contributed by atoms with Gasteiger partial charge in [0.25, 0.3) is 5.91 Å². The van der Waals surface area contributed by atoms with Crippen LogP contribution in [0.3, 0.4) is 0 Å². The van der Waals surface area contributed by atoms with E-state index in [0.717, 1.165) is 0 Å². The van der Waals surface area contributed by atoms with Gasteiger partial charge in [-0.25, -0.2) is 0 Å². The Balaban J connectivity index is 2.96. The van der Waals surface area contributed by atoms with Gasteiger partial charge in [0.1, 0.15) is 17.6 Å². The Bertz CT molecular complexity index is 521. The second-order valence-corrected chi connectivity index (χ2v) is 4.67.